The average molecular weight is 259 g/mol. The zero-order valence-corrected chi connectivity index (χ0v) is 12.3. The third kappa shape index (κ3) is 3.35. The summed E-state index contributed by atoms with van der Waals surface area (Å²) < 4.78 is 2.27. The second-order valence-corrected chi connectivity index (χ2v) is 5.32. The molecule has 0 aliphatic rings. The number of likely N-dealkylation sites (N-methyl/N-ethyl adjacent to an activating group) is 1. The number of hydrogen-bond donors (Lipinski definition) is 1. The van der Waals surface area contributed by atoms with Crippen molar-refractivity contribution in [3.05, 3.63) is 30.6 Å². The van der Waals surface area contributed by atoms with E-state index in [2.05, 4.69) is 53.8 Å². The second kappa shape index (κ2) is 6.71. The highest BCUT2D eigenvalue weighted by molar-refractivity contribution is 5.74. The van der Waals surface area contributed by atoms with Crippen molar-refractivity contribution in [1.82, 2.24) is 14.9 Å². The van der Waals surface area contributed by atoms with Crippen molar-refractivity contribution in [1.29, 1.82) is 0 Å². The summed E-state index contributed by atoms with van der Waals surface area (Å²) in [5, 5.41) is 3.62. The Morgan fingerprint density at radius 2 is 2.05 bits per heavy atom. The Bertz CT molecular complexity index is 503. The molecular weight excluding hydrogens is 234 g/mol. The molecule has 0 aliphatic heterocycles. The molecule has 0 saturated heterocycles. The summed E-state index contributed by atoms with van der Waals surface area (Å²) in [5.74, 6) is 0.686. The molecule has 19 heavy (non-hydrogen) atoms. The maximum atomic E-state index is 4.47. The van der Waals surface area contributed by atoms with Crippen molar-refractivity contribution in [3.8, 4) is 0 Å². The second-order valence-electron chi connectivity index (χ2n) is 5.32. The molecule has 1 heterocycles. The van der Waals surface area contributed by atoms with Crippen LogP contribution in [0.1, 0.15) is 33.6 Å². The van der Waals surface area contributed by atoms with Crippen LogP contribution in [0, 0.1) is 5.92 Å². The van der Waals surface area contributed by atoms with Crippen LogP contribution in [0.3, 0.4) is 0 Å². The zero-order chi connectivity index (χ0) is 13.7. The lowest BCUT2D eigenvalue weighted by molar-refractivity contribution is 0.327. The summed E-state index contributed by atoms with van der Waals surface area (Å²) in [6, 6.07) is 8.86. The first-order valence-electron chi connectivity index (χ1n) is 7.39. The summed E-state index contributed by atoms with van der Waals surface area (Å²) in [5.41, 5.74) is 2.31. The molecule has 104 valence electrons. The Balaban J connectivity index is 2.16. The lowest BCUT2D eigenvalue weighted by Gasteiger charge is -2.25. The molecule has 2 aromatic rings. The fraction of sp³-hybridized carbons (Fsp3) is 0.562. The van der Waals surface area contributed by atoms with Crippen molar-refractivity contribution in [2.75, 3.05) is 6.54 Å². The van der Waals surface area contributed by atoms with Gasteiger partial charge in [0, 0.05) is 12.6 Å². The lowest BCUT2D eigenvalue weighted by Crippen LogP contribution is -2.38. The molecule has 0 aliphatic carbocycles. The summed E-state index contributed by atoms with van der Waals surface area (Å²) in [6.45, 7) is 8.79. The van der Waals surface area contributed by atoms with Crippen molar-refractivity contribution >= 4 is 11.0 Å². The average Bonchev–Trinajstić information content (AvgIpc) is 2.82. The van der Waals surface area contributed by atoms with Crippen LogP contribution in [-0.2, 0) is 6.54 Å². The van der Waals surface area contributed by atoms with Gasteiger partial charge in [-0.25, -0.2) is 4.98 Å². The molecule has 2 rings (SSSR count). The van der Waals surface area contributed by atoms with Crippen LogP contribution in [0.4, 0.5) is 0 Å². The van der Waals surface area contributed by atoms with E-state index in [1.54, 1.807) is 0 Å². The van der Waals surface area contributed by atoms with E-state index in [1.165, 1.54) is 18.4 Å². The summed E-state index contributed by atoms with van der Waals surface area (Å²) in [7, 11) is 0. The molecule has 0 radical (unpaired) electrons. The molecule has 3 heteroatoms. The fourth-order valence-corrected chi connectivity index (χ4v) is 2.73. The van der Waals surface area contributed by atoms with Crippen LogP contribution in [-0.4, -0.2) is 22.1 Å². The van der Waals surface area contributed by atoms with E-state index in [0.717, 1.165) is 18.6 Å². The number of imidazole rings is 1. The SMILES string of the molecule is CCCC(C)C(Cn1cnc2ccccc21)NCC. The van der Waals surface area contributed by atoms with E-state index in [4.69, 9.17) is 0 Å². The predicted octanol–water partition coefficient (Wildman–Crippen LogP) is 3.45. The van der Waals surface area contributed by atoms with E-state index in [0.29, 0.717) is 12.0 Å². The first kappa shape index (κ1) is 14.1. The molecule has 2 unspecified atom stereocenters. The van der Waals surface area contributed by atoms with E-state index < -0.39 is 0 Å². The molecular formula is C16H25N3. The van der Waals surface area contributed by atoms with Crippen molar-refractivity contribution in [2.45, 2.75) is 46.2 Å². The van der Waals surface area contributed by atoms with Crippen molar-refractivity contribution < 1.29 is 0 Å². The molecule has 0 bridgehead atoms. The highest BCUT2D eigenvalue weighted by Crippen LogP contribution is 2.17. The number of aromatic nitrogens is 2. The van der Waals surface area contributed by atoms with Crippen LogP contribution in [0.15, 0.2) is 30.6 Å². The van der Waals surface area contributed by atoms with Crippen LogP contribution in [0.5, 0.6) is 0 Å². The lowest BCUT2D eigenvalue weighted by atomic mass is 9.96. The van der Waals surface area contributed by atoms with Gasteiger partial charge >= 0.3 is 0 Å². The molecule has 0 spiro atoms. The summed E-state index contributed by atoms with van der Waals surface area (Å²) in [4.78, 5) is 4.47. The Labute approximate surface area is 116 Å². The Morgan fingerprint density at radius 1 is 1.26 bits per heavy atom. The number of hydrogen-bond acceptors (Lipinski definition) is 2. The van der Waals surface area contributed by atoms with Crippen molar-refractivity contribution in [3.63, 3.8) is 0 Å². The minimum atomic E-state index is 0.516. The molecule has 3 nitrogen and oxygen atoms in total. The van der Waals surface area contributed by atoms with Gasteiger partial charge in [-0.3, -0.25) is 0 Å². The third-order valence-electron chi connectivity index (χ3n) is 3.82. The van der Waals surface area contributed by atoms with Gasteiger partial charge in [0.05, 0.1) is 17.4 Å². The first-order valence-corrected chi connectivity index (χ1v) is 7.39. The van der Waals surface area contributed by atoms with Gasteiger partial charge < -0.3 is 9.88 Å². The van der Waals surface area contributed by atoms with Crippen LogP contribution in [0.25, 0.3) is 11.0 Å². The van der Waals surface area contributed by atoms with E-state index in [1.807, 2.05) is 12.4 Å². The van der Waals surface area contributed by atoms with Gasteiger partial charge in [0.1, 0.15) is 0 Å². The number of nitrogens with one attached hydrogen (secondary N) is 1. The van der Waals surface area contributed by atoms with Gasteiger partial charge in [-0.15, -0.1) is 0 Å². The van der Waals surface area contributed by atoms with Gasteiger partial charge in [0.25, 0.3) is 0 Å². The van der Waals surface area contributed by atoms with Gasteiger partial charge in [0.2, 0.25) is 0 Å². The third-order valence-corrected chi connectivity index (χ3v) is 3.82. The highest BCUT2D eigenvalue weighted by Gasteiger charge is 2.16. The molecule has 0 saturated carbocycles. The maximum absolute atomic E-state index is 4.47. The van der Waals surface area contributed by atoms with Crippen LogP contribution < -0.4 is 5.32 Å². The van der Waals surface area contributed by atoms with Crippen LogP contribution in [0.2, 0.25) is 0 Å². The number of para-hydroxylation sites is 2. The molecule has 0 amide bonds. The van der Waals surface area contributed by atoms with Gasteiger partial charge in [0.15, 0.2) is 0 Å². The van der Waals surface area contributed by atoms with E-state index in [9.17, 15) is 0 Å². The quantitative estimate of drug-likeness (QED) is 0.825. The number of benzene rings is 1. The Kier molecular flexibility index (Phi) is 4.97. The molecule has 1 aromatic heterocycles. The number of rotatable bonds is 7. The smallest absolute Gasteiger partial charge is 0.0958 e. The number of nitrogens with zero attached hydrogens (tertiary/aromatic N) is 2. The maximum Gasteiger partial charge on any atom is 0.0958 e. The molecule has 1 aromatic carbocycles. The van der Waals surface area contributed by atoms with E-state index >= 15 is 0 Å². The minimum absolute atomic E-state index is 0.516. The summed E-state index contributed by atoms with van der Waals surface area (Å²) in [6.07, 6.45) is 4.48. The molecule has 2 atom stereocenters. The van der Waals surface area contributed by atoms with Gasteiger partial charge in [-0.2, -0.15) is 0 Å². The summed E-state index contributed by atoms with van der Waals surface area (Å²) >= 11 is 0. The Morgan fingerprint density at radius 3 is 2.79 bits per heavy atom. The molecule has 1 N–H and O–H groups in total. The fourth-order valence-electron chi connectivity index (χ4n) is 2.73. The largest absolute Gasteiger partial charge is 0.329 e. The van der Waals surface area contributed by atoms with Gasteiger partial charge in [-0.1, -0.05) is 39.3 Å². The Hall–Kier alpha value is -1.35. The first-order chi connectivity index (χ1) is 9.26. The van der Waals surface area contributed by atoms with Crippen LogP contribution >= 0.6 is 0 Å². The normalized spacial score (nSPS) is 14.7. The number of fused-ring (bicyclic) bond motifs is 1. The topological polar surface area (TPSA) is 29.9 Å². The highest BCUT2D eigenvalue weighted by atomic mass is 15.1. The standard InChI is InChI=1S/C16H25N3/c1-4-8-13(3)15(17-5-2)11-19-12-18-14-9-6-7-10-16(14)19/h6-7,9-10,12-13,15,17H,4-5,8,11H2,1-3H3. The minimum Gasteiger partial charge on any atom is -0.329 e. The monoisotopic (exact) mass is 259 g/mol. The van der Waals surface area contributed by atoms with Crippen molar-refractivity contribution in [2.24, 2.45) is 5.92 Å². The zero-order valence-electron chi connectivity index (χ0n) is 12.3. The van der Waals surface area contributed by atoms with E-state index in [-0.39, 0.29) is 0 Å². The predicted molar refractivity (Wildman–Crippen MR) is 81.3 cm³/mol. The van der Waals surface area contributed by atoms with Gasteiger partial charge in [-0.05, 0) is 31.0 Å². The molecule has 0 fully saturated rings.